The third-order valence-electron chi connectivity index (χ3n) is 5.03. The van der Waals surface area contributed by atoms with Crippen molar-refractivity contribution >= 4 is 16.9 Å². The van der Waals surface area contributed by atoms with Crippen molar-refractivity contribution in [3.05, 3.63) is 41.8 Å². The summed E-state index contributed by atoms with van der Waals surface area (Å²) in [5.41, 5.74) is 2.43. The van der Waals surface area contributed by atoms with E-state index in [4.69, 9.17) is 0 Å². The number of pyridine rings is 1. The van der Waals surface area contributed by atoms with E-state index in [9.17, 15) is 14.6 Å². The van der Waals surface area contributed by atoms with Gasteiger partial charge >= 0.3 is 0 Å². The molecule has 1 fully saturated rings. The zero-order chi connectivity index (χ0) is 18.1. The minimum Gasteiger partial charge on any atom is -0.393 e. The van der Waals surface area contributed by atoms with E-state index in [-0.39, 0.29) is 24.3 Å². The normalized spacial score (nSPS) is 20.4. The fraction of sp³-hybridized carbons (Fsp3) is 0.368. The van der Waals surface area contributed by atoms with Crippen LogP contribution in [0.15, 0.2) is 30.5 Å². The molecule has 136 valence electrons. The minimum absolute atomic E-state index is 0.214. The molecular weight excluding hydrogens is 335 g/mol. The molecular formula is C19H21FN4O2. The second-order valence-corrected chi connectivity index (χ2v) is 6.77. The number of hydrogen-bond acceptors (Lipinski definition) is 5. The Bertz CT molecular complexity index is 919. The molecule has 2 aromatic heterocycles. The van der Waals surface area contributed by atoms with E-state index < -0.39 is 5.82 Å². The average molecular weight is 356 g/mol. The van der Waals surface area contributed by atoms with Crippen LogP contribution in [0.2, 0.25) is 0 Å². The molecule has 0 radical (unpaired) electrons. The van der Waals surface area contributed by atoms with Crippen molar-refractivity contribution in [1.29, 1.82) is 0 Å². The molecule has 1 aliphatic carbocycles. The average Bonchev–Trinajstić information content (AvgIpc) is 3.06. The summed E-state index contributed by atoms with van der Waals surface area (Å²) in [6, 6.07) is 6.88. The molecule has 7 heteroatoms. The molecule has 0 atom stereocenters. The van der Waals surface area contributed by atoms with E-state index in [0.717, 1.165) is 36.6 Å². The molecule has 4 rings (SSSR count). The van der Waals surface area contributed by atoms with Crippen LogP contribution >= 0.6 is 0 Å². The van der Waals surface area contributed by atoms with E-state index in [1.165, 1.54) is 6.07 Å². The van der Waals surface area contributed by atoms with Crippen molar-refractivity contribution in [2.45, 2.75) is 44.4 Å². The van der Waals surface area contributed by atoms with Gasteiger partial charge in [0, 0.05) is 17.8 Å². The number of fused-ring (bicyclic) bond motifs is 1. The molecule has 0 saturated heterocycles. The first-order valence-electron chi connectivity index (χ1n) is 8.83. The number of aliphatic hydroxyl groups excluding tert-OH is 2. The first-order valence-corrected chi connectivity index (χ1v) is 8.83. The van der Waals surface area contributed by atoms with Crippen LogP contribution in [-0.2, 0) is 6.61 Å². The lowest BCUT2D eigenvalue weighted by molar-refractivity contribution is 0.126. The molecule has 1 saturated carbocycles. The lowest BCUT2D eigenvalue weighted by Crippen LogP contribution is -2.28. The Morgan fingerprint density at radius 1 is 1.19 bits per heavy atom. The predicted molar refractivity (Wildman–Crippen MR) is 97.1 cm³/mol. The summed E-state index contributed by atoms with van der Waals surface area (Å²) in [6.07, 6.45) is 4.76. The Morgan fingerprint density at radius 2 is 2.00 bits per heavy atom. The number of rotatable bonds is 4. The van der Waals surface area contributed by atoms with Gasteiger partial charge in [0.2, 0.25) is 0 Å². The van der Waals surface area contributed by atoms with Gasteiger partial charge in [-0.2, -0.15) is 5.10 Å². The molecule has 1 aliphatic rings. The van der Waals surface area contributed by atoms with Crippen LogP contribution < -0.4 is 5.32 Å². The Hall–Kier alpha value is -2.51. The van der Waals surface area contributed by atoms with Crippen molar-refractivity contribution in [2.24, 2.45) is 0 Å². The molecule has 0 unspecified atom stereocenters. The molecule has 4 N–H and O–H groups in total. The zero-order valence-corrected chi connectivity index (χ0v) is 14.2. The number of H-pyrrole nitrogens is 1. The number of nitrogens with zero attached hydrogens (tertiary/aromatic N) is 2. The molecule has 0 spiro atoms. The van der Waals surface area contributed by atoms with E-state index in [0.29, 0.717) is 17.0 Å². The van der Waals surface area contributed by atoms with Crippen LogP contribution in [0.5, 0.6) is 0 Å². The van der Waals surface area contributed by atoms with Crippen molar-refractivity contribution in [2.75, 3.05) is 5.32 Å². The Kier molecular flexibility index (Phi) is 4.57. The number of aliphatic hydroxyl groups is 2. The van der Waals surface area contributed by atoms with Gasteiger partial charge in [-0.1, -0.05) is 12.1 Å². The van der Waals surface area contributed by atoms with Gasteiger partial charge in [-0.25, -0.2) is 9.37 Å². The Labute approximate surface area is 150 Å². The second kappa shape index (κ2) is 7.01. The van der Waals surface area contributed by atoms with Crippen molar-refractivity contribution in [3.63, 3.8) is 0 Å². The summed E-state index contributed by atoms with van der Waals surface area (Å²) in [6.45, 7) is -0.329. The first-order chi connectivity index (χ1) is 12.7. The van der Waals surface area contributed by atoms with Crippen molar-refractivity contribution in [3.8, 4) is 11.1 Å². The molecule has 0 bridgehead atoms. The van der Waals surface area contributed by atoms with Gasteiger partial charge in [-0.15, -0.1) is 0 Å². The summed E-state index contributed by atoms with van der Waals surface area (Å²) in [5, 5.41) is 30.4. The predicted octanol–water partition coefficient (Wildman–Crippen LogP) is 2.97. The maximum absolute atomic E-state index is 14.1. The number of anilines is 1. The third-order valence-corrected chi connectivity index (χ3v) is 5.03. The van der Waals surface area contributed by atoms with Crippen LogP contribution in [0.4, 0.5) is 10.2 Å². The van der Waals surface area contributed by atoms with Crippen molar-refractivity contribution < 1.29 is 14.6 Å². The van der Waals surface area contributed by atoms with Crippen molar-refractivity contribution in [1.82, 2.24) is 15.2 Å². The first kappa shape index (κ1) is 16.9. The summed E-state index contributed by atoms with van der Waals surface area (Å²) >= 11 is 0. The molecule has 1 aromatic carbocycles. The number of aromatic amines is 1. The van der Waals surface area contributed by atoms with E-state index in [2.05, 4.69) is 20.5 Å². The lowest BCUT2D eigenvalue weighted by atomic mass is 9.93. The highest BCUT2D eigenvalue weighted by Gasteiger charge is 2.22. The molecule has 3 aromatic rings. The van der Waals surface area contributed by atoms with Gasteiger partial charge in [0.05, 0.1) is 18.1 Å². The quantitative estimate of drug-likeness (QED) is 0.577. The Balaban J connectivity index is 1.71. The summed E-state index contributed by atoms with van der Waals surface area (Å²) in [7, 11) is 0. The van der Waals surface area contributed by atoms with E-state index in [1.807, 2.05) is 6.07 Å². The fourth-order valence-electron chi connectivity index (χ4n) is 3.55. The van der Waals surface area contributed by atoms with Crippen LogP contribution in [0.3, 0.4) is 0 Å². The van der Waals surface area contributed by atoms with Crippen LogP contribution in [0.25, 0.3) is 22.2 Å². The largest absolute Gasteiger partial charge is 0.393 e. The molecule has 2 heterocycles. The number of halogens is 1. The van der Waals surface area contributed by atoms with Crippen LogP contribution in [-0.4, -0.2) is 37.5 Å². The highest BCUT2D eigenvalue weighted by atomic mass is 19.1. The topological polar surface area (TPSA) is 94.1 Å². The van der Waals surface area contributed by atoms with Gasteiger partial charge in [0.15, 0.2) is 11.5 Å². The van der Waals surface area contributed by atoms with Gasteiger partial charge in [-0.3, -0.25) is 5.10 Å². The standard InChI is InChI=1S/C19H21FN4O2/c20-16-9-11(1-2-12(16)10-25)15-7-8-21-18-17(15)19(24-23-18)22-13-3-5-14(26)6-4-13/h1-2,7-9,13-14,25-26H,3-6,10H2,(H2,21,22,23,24). The van der Waals surface area contributed by atoms with Crippen LogP contribution in [0.1, 0.15) is 31.2 Å². The maximum Gasteiger partial charge on any atom is 0.158 e. The summed E-state index contributed by atoms with van der Waals surface area (Å²) in [4.78, 5) is 4.32. The smallest absolute Gasteiger partial charge is 0.158 e. The fourth-order valence-corrected chi connectivity index (χ4v) is 3.55. The Morgan fingerprint density at radius 3 is 2.73 bits per heavy atom. The van der Waals surface area contributed by atoms with E-state index in [1.54, 1.807) is 18.3 Å². The SMILES string of the molecule is OCc1ccc(-c2ccnc3[nH]nc(NC4CCC(O)CC4)c23)cc1F. The van der Waals surface area contributed by atoms with Gasteiger partial charge in [0.1, 0.15) is 5.82 Å². The lowest BCUT2D eigenvalue weighted by Gasteiger charge is -2.26. The molecule has 26 heavy (non-hydrogen) atoms. The molecule has 0 amide bonds. The summed E-state index contributed by atoms with van der Waals surface area (Å²) in [5.74, 6) is 0.255. The second-order valence-electron chi connectivity index (χ2n) is 6.77. The monoisotopic (exact) mass is 356 g/mol. The number of benzene rings is 1. The molecule has 6 nitrogen and oxygen atoms in total. The van der Waals surface area contributed by atoms with Gasteiger partial charge < -0.3 is 15.5 Å². The number of aromatic nitrogens is 3. The van der Waals surface area contributed by atoms with E-state index >= 15 is 0 Å². The van der Waals surface area contributed by atoms with Gasteiger partial charge in [0.25, 0.3) is 0 Å². The summed E-state index contributed by atoms with van der Waals surface area (Å²) < 4.78 is 14.1. The highest BCUT2D eigenvalue weighted by Crippen LogP contribution is 2.33. The third kappa shape index (κ3) is 3.15. The number of nitrogens with one attached hydrogen (secondary N) is 2. The van der Waals surface area contributed by atoms with Gasteiger partial charge in [-0.05, 0) is 48.9 Å². The minimum atomic E-state index is -0.436. The number of hydrogen-bond donors (Lipinski definition) is 4. The van der Waals surface area contributed by atoms with Crippen LogP contribution in [0, 0.1) is 5.82 Å². The maximum atomic E-state index is 14.1. The zero-order valence-electron chi connectivity index (χ0n) is 14.2. The highest BCUT2D eigenvalue weighted by molar-refractivity contribution is 6.00. The molecule has 0 aliphatic heterocycles.